The van der Waals surface area contributed by atoms with E-state index in [2.05, 4.69) is 10.2 Å². The van der Waals surface area contributed by atoms with Crippen molar-refractivity contribution in [3.05, 3.63) is 12.2 Å². The first-order valence-corrected chi connectivity index (χ1v) is 4.77. The van der Waals surface area contributed by atoms with Crippen LogP contribution in [0.4, 0.5) is 0 Å². The number of hydrogen-bond donors (Lipinski definition) is 1. The fourth-order valence-electron chi connectivity index (χ4n) is 2.19. The molecule has 5 nitrogen and oxygen atoms in total. The molecule has 1 heterocycles. The highest BCUT2D eigenvalue weighted by atomic mass is 16.4. The molecular formula is C9H13N3O2. The molecule has 0 radical (unpaired) electrons. The molecule has 2 rings (SSSR count). The van der Waals surface area contributed by atoms with Crippen molar-refractivity contribution >= 4 is 5.97 Å². The monoisotopic (exact) mass is 195 g/mol. The molecule has 1 saturated carbocycles. The van der Waals surface area contributed by atoms with Crippen molar-refractivity contribution in [1.82, 2.24) is 14.8 Å². The minimum atomic E-state index is -0.712. The molecule has 1 aliphatic rings. The summed E-state index contributed by atoms with van der Waals surface area (Å²) in [6.07, 6.45) is 4.25. The molecular weight excluding hydrogens is 182 g/mol. The van der Waals surface area contributed by atoms with Gasteiger partial charge >= 0.3 is 5.97 Å². The van der Waals surface area contributed by atoms with Crippen LogP contribution in [0.1, 0.15) is 31.0 Å². The fraction of sp³-hybridized carbons (Fsp3) is 0.667. The van der Waals surface area contributed by atoms with Crippen LogP contribution in [0.2, 0.25) is 0 Å². The van der Waals surface area contributed by atoms with Gasteiger partial charge in [0.25, 0.3) is 0 Å². The number of carbonyl (C=O) groups is 1. The van der Waals surface area contributed by atoms with E-state index in [1.807, 2.05) is 11.6 Å². The van der Waals surface area contributed by atoms with Gasteiger partial charge in [0, 0.05) is 13.0 Å². The SMILES string of the molecule is Cn1cnnc1C1CCCC1C(=O)O. The maximum atomic E-state index is 11.0. The van der Waals surface area contributed by atoms with E-state index in [4.69, 9.17) is 5.11 Å². The van der Waals surface area contributed by atoms with Crippen LogP contribution < -0.4 is 0 Å². The highest BCUT2D eigenvalue weighted by Gasteiger charge is 2.36. The first kappa shape index (κ1) is 9.18. The summed E-state index contributed by atoms with van der Waals surface area (Å²) < 4.78 is 1.81. The average molecular weight is 195 g/mol. The normalized spacial score (nSPS) is 26.6. The Kier molecular flexibility index (Phi) is 2.23. The van der Waals surface area contributed by atoms with Crippen LogP contribution in [0, 0.1) is 5.92 Å². The van der Waals surface area contributed by atoms with E-state index in [0.717, 1.165) is 25.1 Å². The molecule has 5 heteroatoms. The molecule has 1 aromatic rings. The Hall–Kier alpha value is -1.39. The molecule has 1 fully saturated rings. The number of carboxylic acid groups (broad SMARTS) is 1. The summed E-state index contributed by atoms with van der Waals surface area (Å²) in [5.74, 6) is -0.150. The smallest absolute Gasteiger partial charge is 0.307 e. The number of aryl methyl sites for hydroxylation is 1. The molecule has 0 spiro atoms. The van der Waals surface area contributed by atoms with Crippen LogP contribution in [-0.4, -0.2) is 25.8 Å². The maximum absolute atomic E-state index is 11.0. The van der Waals surface area contributed by atoms with E-state index in [9.17, 15) is 4.79 Å². The number of rotatable bonds is 2. The van der Waals surface area contributed by atoms with Gasteiger partial charge in [0.1, 0.15) is 12.2 Å². The minimum Gasteiger partial charge on any atom is -0.481 e. The van der Waals surface area contributed by atoms with Crippen molar-refractivity contribution < 1.29 is 9.90 Å². The van der Waals surface area contributed by atoms with E-state index in [-0.39, 0.29) is 11.8 Å². The summed E-state index contributed by atoms with van der Waals surface area (Å²) in [6.45, 7) is 0. The summed E-state index contributed by atoms with van der Waals surface area (Å²) in [6, 6.07) is 0. The van der Waals surface area contributed by atoms with E-state index < -0.39 is 5.97 Å². The van der Waals surface area contributed by atoms with Crippen LogP contribution in [0.3, 0.4) is 0 Å². The third kappa shape index (κ3) is 1.38. The molecule has 0 saturated heterocycles. The van der Waals surface area contributed by atoms with Crippen molar-refractivity contribution in [3.63, 3.8) is 0 Å². The van der Waals surface area contributed by atoms with Gasteiger partial charge in [-0.2, -0.15) is 0 Å². The molecule has 2 atom stereocenters. The van der Waals surface area contributed by atoms with Crippen LogP contribution in [0.25, 0.3) is 0 Å². The highest BCUT2D eigenvalue weighted by molar-refractivity contribution is 5.71. The van der Waals surface area contributed by atoms with Gasteiger partial charge in [-0.1, -0.05) is 6.42 Å². The van der Waals surface area contributed by atoms with Crippen LogP contribution in [-0.2, 0) is 11.8 Å². The van der Waals surface area contributed by atoms with Crippen molar-refractivity contribution in [2.75, 3.05) is 0 Å². The molecule has 0 aromatic carbocycles. The quantitative estimate of drug-likeness (QED) is 0.757. The highest BCUT2D eigenvalue weighted by Crippen LogP contribution is 2.38. The van der Waals surface area contributed by atoms with E-state index in [1.54, 1.807) is 6.33 Å². The lowest BCUT2D eigenvalue weighted by atomic mass is 9.95. The first-order valence-electron chi connectivity index (χ1n) is 4.77. The Labute approximate surface area is 81.8 Å². The second-order valence-corrected chi connectivity index (χ2v) is 3.78. The van der Waals surface area contributed by atoms with Gasteiger partial charge in [0.2, 0.25) is 0 Å². The molecule has 1 aliphatic carbocycles. The van der Waals surface area contributed by atoms with Gasteiger partial charge < -0.3 is 9.67 Å². The maximum Gasteiger partial charge on any atom is 0.307 e. The number of hydrogen-bond acceptors (Lipinski definition) is 3. The van der Waals surface area contributed by atoms with E-state index in [0.29, 0.717) is 0 Å². The van der Waals surface area contributed by atoms with Crippen LogP contribution in [0.5, 0.6) is 0 Å². The first-order chi connectivity index (χ1) is 6.70. The lowest BCUT2D eigenvalue weighted by molar-refractivity contribution is -0.142. The van der Waals surface area contributed by atoms with Gasteiger partial charge in [-0.3, -0.25) is 4.79 Å². The second kappa shape index (κ2) is 3.40. The third-order valence-electron chi connectivity index (χ3n) is 2.91. The number of aromatic nitrogens is 3. The summed E-state index contributed by atoms with van der Waals surface area (Å²) >= 11 is 0. The largest absolute Gasteiger partial charge is 0.481 e. The second-order valence-electron chi connectivity index (χ2n) is 3.78. The molecule has 1 N–H and O–H groups in total. The number of aliphatic carboxylic acids is 1. The van der Waals surface area contributed by atoms with Gasteiger partial charge in [-0.25, -0.2) is 0 Å². The Morgan fingerprint density at radius 3 is 3.00 bits per heavy atom. The third-order valence-corrected chi connectivity index (χ3v) is 2.91. The van der Waals surface area contributed by atoms with Crippen molar-refractivity contribution in [1.29, 1.82) is 0 Å². The minimum absolute atomic E-state index is 0.0417. The van der Waals surface area contributed by atoms with E-state index >= 15 is 0 Å². The summed E-state index contributed by atoms with van der Waals surface area (Å²) in [7, 11) is 1.85. The molecule has 14 heavy (non-hydrogen) atoms. The molecule has 0 aliphatic heterocycles. The van der Waals surface area contributed by atoms with Gasteiger partial charge in [-0.15, -0.1) is 10.2 Å². The molecule has 0 bridgehead atoms. The Bertz CT molecular complexity index is 348. The van der Waals surface area contributed by atoms with Crippen molar-refractivity contribution in [3.8, 4) is 0 Å². The predicted octanol–water partition coefficient (Wildman–Crippen LogP) is 0.783. The van der Waals surface area contributed by atoms with Crippen molar-refractivity contribution in [2.24, 2.45) is 13.0 Å². The van der Waals surface area contributed by atoms with Gasteiger partial charge in [-0.05, 0) is 12.8 Å². The van der Waals surface area contributed by atoms with Crippen molar-refractivity contribution in [2.45, 2.75) is 25.2 Å². The van der Waals surface area contributed by atoms with Gasteiger partial charge in [0.05, 0.1) is 5.92 Å². The standard InChI is InChI=1S/C9H13N3O2/c1-12-5-10-11-8(12)6-3-2-4-7(6)9(13)14/h5-7H,2-4H2,1H3,(H,13,14). The summed E-state index contributed by atoms with van der Waals surface area (Å²) in [5.41, 5.74) is 0. The molecule has 2 unspecified atom stereocenters. The zero-order valence-electron chi connectivity index (χ0n) is 8.05. The topological polar surface area (TPSA) is 68.0 Å². The summed E-state index contributed by atoms with van der Waals surface area (Å²) in [5, 5.41) is 16.8. The summed E-state index contributed by atoms with van der Waals surface area (Å²) in [4.78, 5) is 11.0. The zero-order valence-corrected chi connectivity index (χ0v) is 8.05. The molecule has 0 amide bonds. The van der Waals surface area contributed by atoms with E-state index in [1.165, 1.54) is 0 Å². The number of nitrogens with zero attached hydrogens (tertiary/aromatic N) is 3. The number of carboxylic acids is 1. The Morgan fingerprint density at radius 2 is 2.43 bits per heavy atom. The van der Waals surface area contributed by atoms with Crippen LogP contribution >= 0.6 is 0 Å². The van der Waals surface area contributed by atoms with Crippen LogP contribution in [0.15, 0.2) is 6.33 Å². The predicted molar refractivity (Wildman–Crippen MR) is 48.7 cm³/mol. The Morgan fingerprint density at radius 1 is 1.64 bits per heavy atom. The Balaban J connectivity index is 2.26. The zero-order chi connectivity index (χ0) is 10.1. The fourth-order valence-corrected chi connectivity index (χ4v) is 2.19. The average Bonchev–Trinajstić information content (AvgIpc) is 2.70. The van der Waals surface area contributed by atoms with Gasteiger partial charge in [0.15, 0.2) is 0 Å². The lowest BCUT2D eigenvalue weighted by Crippen LogP contribution is -2.19. The lowest BCUT2D eigenvalue weighted by Gasteiger charge is -2.13. The molecule has 76 valence electrons. The molecule has 1 aromatic heterocycles.